The lowest BCUT2D eigenvalue weighted by molar-refractivity contribution is -0.134. The Bertz CT molecular complexity index is 836. The van der Waals surface area contributed by atoms with E-state index >= 15 is 0 Å². The predicted molar refractivity (Wildman–Crippen MR) is 67.1 cm³/mol. The van der Waals surface area contributed by atoms with Gasteiger partial charge in [0, 0.05) is 13.1 Å². The first kappa shape index (κ1) is 12.8. The molecule has 2 aromatic heterocycles. The van der Waals surface area contributed by atoms with Crippen molar-refractivity contribution in [2.24, 2.45) is 12.8 Å². The third-order valence-corrected chi connectivity index (χ3v) is 2.84. The molecule has 0 aromatic carbocycles. The van der Waals surface area contributed by atoms with Crippen LogP contribution in [0.15, 0.2) is 24.0 Å². The molecule has 1 aliphatic rings. The minimum absolute atomic E-state index is 0.0162. The molecule has 0 unspecified atom stereocenters. The quantitative estimate of drug-likeness (QED) is 0.537. The van der Waals surface area contributed by atoms with Crippen LogP contribution in [0.1, 0.15) is 0 Å². The van der Waals surface area contributed by atoms with Gasteiger partial charge in [-0.25, -0.2) is 9.59 Å². The number of carbonyl (C=O) groups excluding carboxylic acids is 3. The van der Waals surface area contributed by atoms with Gasteiger partial charge >= 0.3 is 11.9 Å². The monoisotopic (exact) mass is 288 g/mol. The number of esters is 2. The maximum absolute atomic E-state index is 11.9. The van der Waals surface area contributed by atoms with Crippen molar-refractivity contribution in [1.29, 1.82) is 0 Å². The molecule has 2 N–H and O–H groups in total. The van der Waals surface area contributed by atoms with Crippen LogP contribution < -0.4 is 15.2 Å². The Morgan fingerprint density at radius 1 is 1.29 bits per heavy atom. The topological polar surface area (TPSA) is 126 Å². The fourth-order valence-corrected chi connectivity index (χ4v) is 1.91. The largest absolute Gasteiger partial charge is 0.420 e. The summed E-state index contributed by atoms with van der Waals surface area (Å²) in [5.41, 5.74) is 4.91. The molecule has 106 valence electrons. The molecule has 0 spiro atoms. The second kappa shape index (κ2) is 4.40. The molecule has 0 saturated carbocycles. The number of nitrogens with two attached hydrogens (primary N) is 1. The van der Waals surface area contributed by atoms with Gasteiger partial charge in [0.25, 0.3) is 11.8 Å². The van der Waals surface area contributed by atoms with Crippen molar-refractivity contribution in [2.75, 3.05) is 0 Å². The first-order valence-electron chi connectivity index (χ1n) is 5.73. The van der Waals surface area contributed by atoms with Crippen LogP contribution in [0.3, 0.4) is 0 Å². The van der Waals surface area contributed by atoms with E-state index in [-0.39, 0.29) is 11.6 Å². The van der Waals surface area contributed by atoms with Gasteiger partial charge < -0.3 is 15.2 Å². The van der Waals surface area contributed by atoms with Gasteiger partial charge in [-0.3, -0.25) is 14.5 Å². The van der Waals surface area contributed by atoms with E-state index in [0.717, 1.165) is 0 Å². The van der Waals surface area contributed by atoms with E-state index in [1.54, 1.807) is 7.05 Å². The van der Waals surface area contributed by atoms with Gasteiger partial charge in [-0.1, -0.05) is 0 Å². The molecule has 1 aliphatic heterocycles. The van der Waals surface area contributed by atoms with E-state index in [9.17, 15) is 14.4 Å². The van der Waals surface area contributed by atoms with Gasteiger partial charge in [-0.2, -0.15) is 0 Å². The number of amides is 1. The van der Waals surface area contributed by atoms with E-state index < -0.39 is 23.4 Å². The Balaban J connectivity index is 2.26. The van der Waals surface area contributed by atoms with Gasteiger partial charge in [0.1, 0.15) is 11.0 Å². The number of aryl methyl sites for hydroxylation is 1. The minimum atomic E-state index is -1.10. The summed E-state index contributed by atoms with van der Waals surface area (Å²) in [6, 6.07) is 0. The van der Waals surface area contributed by atoms with E-state index in [2.05, 4.69) is 10.1 Å². The number of hydrogen-bond acceptors (Lipinski definition) is 7. The van der Waals surface area contributed by atoms with Crippen LogP contribution in [0.5, 0.6) is 11.6 Å². The Hall–Kier alpha value is -3.23. The molecular formula is C12H8N4O5. The standard InChI is InChI=1S/C12H8N4O5/c1-16-6-3-14-4-7-9(6)11(15-16)21-8(17)2-5(10(13)18)12(19)20-7/h2-4H,1H3,(H2,13,18)/b5-2+. The molecule has 9 nitrogen and oxygen atoms in total. The molecule has 0 aliphatic carbocycles. The zero-order valence-electron chi connectivity index (χ0n) is 10.7. The Morgan fingerprint density at radius 3 is 2.76 bits per heavy atom. The average molecular weight is 288 g/mol. The summed E-state index contributed by atoms with van der Waals surface area (Å²) in [5, 5.41) is 4.31. The highest BCUT2D eigenvalue weighted by molar-refractivity contribution is 6.19. The number of pyridine rings is 1. The van der Waals surface area contributed by atoms with Gasteiger partial charge in [-0.15, -0.1) is 5.10 Å². The van der Waals surface area contributed by atoms with Crippen molar-refractivity contribution >= 4 is 28.7 Å². The lowest BCUT2D eigenvalue weighted by atomic mass is 10.2. The summed E-state index contributed by atoms with van der Waals surface area (Å²) < 4.78 is 11.5. The molecule has 3 heterocycles. The minimum Gasteiger partial charge on any atom is -0.420 e. The highest BCUT2D eigenvalue weighted by Gasteiger charge is 2.26. The van der Waals surface area contributed by atoms with Crippen molar-refractivity contribution < 1.29 is 23.9 Å². The molecule has 0 radical (unpaired) electrons. The van der Waals surface area contributed by atoms with E-state index in [1.807, 2.05) is 0 Å². The smallest absolute Gasteiger partial charge is 0.349 e. The Morgan fingerprint density at radius 2 is 2.05 bits per heavy atom. The van der Waals surface area contributed by atoms with Crippen molar-refractivity contribution in [2.45, 2.75) is 0 Å². The summed E-state index contributed by atoms with van der Waals surface area (Å²) in [4.78, 5) is 38.7. The van der Waals surface area contributed by atoms with Crippen LogP contribution in [0.4, 0.5) is 0 Å². The summed E-state index contributed by atoms with van der Waals surface area (Å²) in [7, 11) is 1.61. The van der Waals surface area contributed by atoms with Gasteiger partial charge in [-0.05, 0) is 0 Å². The summed E-state index contributed by atoms with van der Waals surface area (Å²) >= 11 is 0. The van der Waals surface area contributed by atoms with E-state index in [4.69, 9.17) is 15.2 Å². The third kappa shape index (κ3) is 2.00. The second-order valence-electron chi connectivity index (χ2n) is 4.19. The molecule has 2 aromatic rings. The number of primary amides is 1. The first-order valence-corrected chi connectivity index (χ1v) is 5.73. The van der Waals surface area contributed by atoms with Crippen molar-refractivity contribution in [3.8, 4) is 11.6 Å². The van der Waals surface area contributed by atoms with Crippen LogP contribution in [0.2, 0.25) is 0 Å². The summed E-state index contributed by atoms with van der Waals surface area (Å²) in [6.45, 7) is 0. The lowest BCUT2D eigenvalue weighted by Crippen LogP contribution is -2.25. The first-order chi connectivity index (χ1) is 9.97. The number of hydrogen-bond donors (Lipinski definition) is 1. The zero-order valence-corrected chi connectivity index (χ0v) is 10.7. The highest BCUT2D eigenvalue weighted by atomic mass is 16.6. The molecule has 9 heteroatoms. The molecule has 0 fully saturated rings. The van der Waals surface area contributed by atoms with E-state index in [1.165, 1.54) is 17.1 Å². The normalized spacial score (nSPS) is 17.1. The maximum atomic E-state index is 11.9. The third-order valence-electron chi connectivity index (χ3n) is 2.84. The molecule has 0 atom stereocenters. The average Bonchev–Trinajstić information content (AvgIpc) is 2.74. The van der Waals surface area contributed by atoms with Crippen LogP contribution in [0, 0.1) is 0 Å². The summed E-state index contributed by atoms with van der Waals surface area (Å²) in [5.74, 6) is -3.15. The summed E-state index contributed by atoms with van der Waals surface area (Å²) in [6.07, 6.45) is 3.39. The Labute approximate surface area is 116 Å². The fraction of sp³-hybridized carbons (Fsp3) is 0.0833. The van der Waals surface area contributed by atoms with Crippen LogP contribution >= 0.6 is 0 Å². The Kier molecular flexibility index (Phi) is 2.68. The fourth-order valence-electron chi connectivity index (χ4n) is 1.91. The van der Waals surface area contributed by atoms with Crippen LogP contribution in [-0.2, 0) is 21.4 Å². The second-order valence-corrected chi connectivity index (χ2v) is 4.19. The molecule has 0 saturated heterocycles. The van der Waals surface area contributed by atoms with Crippen LogP contribution in [0.25, 0.3) is 10.9 Å². The molecule has 1 amide bonds. The number of carbonyl (C=O) groups is 3. The molecule has 0 bridgehead atoms. The SMILES string of the molecule is Cn1nc2c3c(cncc31)OC(=O)/C(C(N)=O)=C/C(=O)O2. The number of ether oxygens (including phenoxy) is 2. The molecular weight excluding hydrogens is 280 g/mol. The zero-order chi connectivity index (χ0) is 15.1. The lowest BCUT2D eigenvalue weighted by Gasteiger charge is -2.04. The van der Waals surface area contributed by atoms with Crippen molar-refractivity contribution in [3.63, 3.8) is 0 Å². The maximum Gasteiger partial charge on any atom is 0.349 e. The van der Waals surface area contributed by atoms with Crippen molar-refractivity contribution in [1.82, 2.24) is 14.8 Å². The number of aromatic nitrogens is 3. The van der Waals surface area contributed by atoms with Gasteiger partial charge in [0.2, 0.25) is 0 Å². The van der Waals surface area contributed by atoms with Crippen molar-refractivity contribution in [3.05, 3.63) is 24.0 Å². The highest BCUT2D eigenvalue weighted by Crippen LogP contribution is 2.33. The van der Waals surface area contributed by atoms with Gasteiger partial charge in [0.15, 0.2) is 5.75 Å². The molecule has 3 rings (SSSR count). The van der Waals surface area contributed by atoms with E-state index in [0.29, 0.717) is 17.0 Å². The molecule has 21 heavy (non-hydrogen) atoms. The number of rotatable bonds is 1. The predicted octanol–water partition coefficient (Wildman–Crippen LogP) is -0.796. The van der Waals surface area contributed by atoms with Crippen LogP contribution in [-0.4, -0.2) is 32.6 Å². The number of nitrogens with zero attached hydrogens (tertiary/aromatic N) is 3. The van der Waals surface area contributed by atoms with Gasteiger partial charge in [0.05, 0.1) is 17.9 Å².